The lowest BCUT2D eigenvalue weighted by atomic mass is 9.94. The van der Waals surface area contributed by atoms with Crippen molar-refractivity contribution in [2.75, 3.05) is 0 Å². The molecule has 0 amide bonds. The number of benzene rings is 4. The number of aromatic nitrogens is 2. The van der Waals surface area contributed by atoms with E-state index < -0.39 is 21.8 Å². The molecule has 190 valence electrons. The molecule has 6 rings (SSSR count). The fraction of sp³-hybridized carbons (Fsp3) is 0. The summed E-state index contributed by atoms with van der Waals surface area (Å²) < 4.78 is 29.9. The van der Waals surface area contributed by atoms with E-state index in [1.54, 1.807) is 0 Å². The van der Waals surface area contributed by atoms with Crippen LogP contribution in [0, 0.1) is 31.9 Å². The van der Waals surface area contributed by atoms with Gasteiger partial charge in [0.2, 0.25) is 0 Å². The third-order valence-corrected chi connectivity index (χ3v) is 5.55. The summed E-state index contributed by atoms with van der Waals surface area (Å²) in [6.07, 6.45) is 0. The Morgan fingerprint density at radius 1 is 0.632 bits per heavy atom. The molecule has 2 heterocycles. The van der Waals surface area contributed by atoms with Crippen molar-refractivity contribution in [3.8, 4) is 11.1 Å². The lowest BCUT2D eigenvalue weighted by molar-refractivity contribution is -0.742. The Kier molecular flexibility index (Phi) is 7.15. The Labute approximate surface area is 211 Å². The summed E-state index contributed by atoms with van der Waals surface area (Å²) in [5, 5.41) is 30.5. The van der Waals surface area contributed by atoms with Gasteiger partial charge >= 0.3 is 0 Å². The number of hydrogen-bond acceptors (Lipinski definition) is 6. The number of fused-ring (bicyclic) bond motifs is 4. The molecule has 0 saturated heterocycles. The minimum Gasteiger partial charge on any atom is -0.328 e. The van der Waals surface area contributed by atoms with E-state index in [2.05, 4.69) is 4.98 Å². The summed E-state index contributed by atoms with van der Waals surface area (Å²) in [5.41, 5.74) is 3.58. The van der Waals surface area contributed by atoms with E-state index in [1.165, 1.54) is 6.07 Å². The first kappa shape index (κ1) is 25.6. The van der Waals surface area contributed by atoms with Crippen molar-refractivity contribution in [3.05, 3.63) is 117 Å². The summed E-state index contributed by atoms with van der Waals surface area (Å²) in [7, 11) is 0. The lowest BCUT2D eigenvalue weighted by Crippen LogP contribution is -1.96. The molecule has 0 aliphatic rings. The Morgan fingerprint density at radius 3 is 1.68 bits per heavy atom. The minimum absolute atomic E-state index is 0.214. The molecule has 6 aromatic rings. The Hall–Kier alpha value is -5.52. The fourth-order valence-electron chi connectivity index (χ4n) is 4.14. The van der Waals surface area contributed by atoms with E-state index in [4.69, 9.17) is 35.6 Å². The largest absolute Gasteiger partial charge is 0.328 e. The summed E-state index contributed by atoms with van der Waals surface area (Å²) in [6, 6.07) is 25.9. The summed E-state index contributed by atoms with van der Waals surface area (Å²) in [5.74, 6) is -1.79. The van der Waals surface area contributed by atoms with Gasteiger partial charge in [0.25, 0.3) is 10.2 Å². The molecule has 0 atom stereocenters. The average molecular weight is 518 g/mol. The van der Waals surface area contributed by atoms with Gasteiger partial charge in [-0.05, 0) is 35.9 Å². The molecule has 12 heteroatoms. The van der Waals surface area contributed by atoms with Gasteiger partial charge in [0.1, 0.15) is 0 Å². The molecular formula is C26H16F2N4O6. The predicted molar refractivity (Wildman–Crippen MR) is 135 cm³/mol. The van der Waals surface area contributed by atoms with E-state index in [1.807, 2.05) is 78.9 Å². The maximum atomic E-state index is 15.2. The van der Waals surface area contributed by atoms with Crippen LogP contribution >= 0.6 is 0 Å². The second kappa shape index (κ2) is 10.6. The Balaban J connectivity index is 0.000000373. The van der Waals surface area contributed by atoms with E-state index in [0.29, 0.717) is 16.5 Å². The summed E-state index contributed by atoms with van der Waals surface area (Å²) in [6.45, 7) is 0. The minimum atomic E-state index is -1.50. The van der Waals surface area contributed by atoms with Gasteiger partial charge in [-0.2, -0.15) is 0 Å². The molecule has 2 aromatic heterocycles. The first-order chi connectivity index (χ1) is 18.2. The van der Waals surface area contributed by atoms with Gasteiger partial charge in [-0.25, -0.2) is 18.7 Å². The van der Waals surface area contributed by atoms with Crippen LogP contribution in [0.25, 0.3) is 54.7 Å². The highest BCUT2D eigenvalue weighted by molar-refractivity contribution is 6.08. The maximum absolute atomic E-state index is 15.2. The van der Waals surface area contributed by atoms with E-state index in [9.17, 15) is 4.39 Å². The molecule has 0 saturated carbocycles. The molecular weight excluding hydrogens is 502 g/mol. The van der Waals surface area contributed by atoms with Crippen molar-refractivity contribution in [2.24, 2.45) is 0 Å². The van der Waals surface area contributed by atoms with Crippen LogP contribution in [0.4, 0.5) is 8.78 Å². The number of halogens is 2. The molecule has 0 radical (unpaired) electrons. The Bertz CT molecular complexity index is 1830. The van der Waals surface area contributed by atoms with Gasteiger partial charge in [-0.3, -0.25) is 0 Å². The van der Waals surface area contributed by atoms with Crippen LogP contribution < -0.4 is 0 Å². The van der Waals surface area contributed by atoms with Gasteiger partial charge in [0, 0.05) is 33.2 Å². The number of para-hydroxylation sites is 2. The standard InChI is InChI=1S/C26H14F2N2.2HNO3/c27-20-14-24-19(13-16-7-2-4-10-22(16)30-24)25(26(20)28)17-8-5-11-23-18(17)12-15-6-1-3-9-21(15)29-23;2*2-1(3)4/h1-14H;2*(H,2,3,4). The van der Waals surface area contributed by atoms with Crippen LogP contribution in [0.5, 0.6) is 0 Å². The van der Waals surface area contributed by atoms with Crippen LogP contribution in [0.2, 0.25) is 0 Å². The van der Waals surface area contributed by atoms with Crippen molar-refractivity contribution in [1.82, 2.24) is 9.97 Å². The zero-order valence-corrected chi connectivity index (χ0v) is 19.2. The fourth-order valence-corrected chi connectivity index (χ4v) is 4.14. The number of rotatable bonds is 1. The smallest absolute Gasteiger partial charge is 0.291 e. The van der Waals surface area contributed by atoms with E-state index >= 15 is 4.39 Å². The van der Waals surface area contributed by atoms with Crippen LogP contribution in [0.15, 0.2) is 84.9 Å². The quantitative estimate of drug-likeness (QED) is 0.145. The molecule has 38 heavy (non-hydrogen) atoms. The van der Waals surface area contributed by atoms with Crippen molar-refractivity contribution in [3.63, 3.8) is 0 Å². The molecule has 10 nitrogen and oxygen atoms in total. The van der Waals surface area contributed by atoms with Crippen LogP contribution in [-0.4, -0.2) is 30.6 Å². The van der Waals surface area contributed by atoms with E-state index in [0.717, 1.165) is 32.7 Å². The van der Waals surface area contributed by atoms with Crippen LogP contribution in [0.3, 0.4) is 0 Å². The van der Waals surface area contributed by atoms with Gasteiger partial charge < -0.3 is 10.4 Å². The molecule has 0 fully saturated rings. The number of hydrogen-bond donors (Lipinski definition) is 2. The van der Waals surface area contributed by atoms with Crippen LogP contribution in [0.1, 0.15) is 0 Å². The first-order valence-corrected chi connectivity index (χ1v) is 10.8. The van der Waals surface area contributed by atoms with E-state index in [-0.39, 0.29) is 5.56 Å². The maximum Gasteiger partial charge on any atom is 0.291 e. The number of pyridine rings is 2. The molecule has 0 aliphatic heterocycles. The van der Waals surface area contributed by atoms with Gasteiger partial charge in [0.15, 0.2) is 11.6 Å². The van der Waals surface area contributed by atoms with Crippen molar-refractivity contribution in [2.45, 2.75) is 0 Å². The second-order valence-corrected chi connectivity index (χ2v) is 7.82. The van der Waals surface area contributed by atoms with Gasteiger partial charge in [-0.1, -0.05) is 48.5 Å². The monoisotopic (exact) mass is 518 g/mol. The third kappa shape index (κ3) is 5.33. The molecule has 4 aromatic carbocycles. The summed E-state index contributed by atoms with van der Waals surface area (Å²) in [4.78, 5) is 26.0. The highest BCUT2D eigenvalue weighted by atomic mass is 19.2. The number of nitrogens with zero attached hydrogens (tertiary/aromatic N) is 4. The SMILES string of the molecule is Fc1cc2nc3ccccc3cc2c(-c2cccc3nc4ccccc4cc23)c1F.O=[N+]([O-])O.O=[N+]([O-])O. The van der Waals surface area contributed by atoms with Crippen molar-refractivity contribution in [1.29, 1.82) is 0 Å². The lowest BCUT2D eigenvalue weighted by Gasteiger charge is -2.13. The van der Waals surface area contributed by atoms with Gasteiger partial charge in [0.05, 0.1) is 22.1 Å². The first-order valence-electron chi connectivity index (χ1n) is 10.8. The highest BCUT2D eigenvalue weighted by Gasteiger charge is 2.19. The molecule has 0 bridgehead atoms. The van der Waals surface area contributed by atoms with Crippen molar-refractivity contribution < 1.29 is 29.4 Å². The third-order valence-electron chi connectivity index (χ3n) is 5.55. The molecule has 0 spiro atoms. The average Bonchev–Trinajstić information content (AvgIpc) is 2.86. The zero-order chi connectivity index (χ0) is 27.4. The summed E-state index contributed by atoms with van der Waals surface area (Å²) >= 11 is 0. The molecule has 2 N–H and O–H groups in total. The molecule has 0 unspecified atom stereocenters. The Morgan fingerprint density at radius 2 is 1.11 bits per heavy atom. The second-order valence-electron chi connectivity index (χ2n) is 7.82. The zero-order valence-electron chi connectivity index (χ0n) is 19.2. The van der Waals surface area contributed by atoms with Crippen LogP contribution in [-0.2, 0) is 0 Å². The molecule has 0 aliphatic carbocycles. The van der Waals surface area contributed by atoms with Crippen molar-refractivity contribution >= 4 is 43.6 Å². The topological polar surface area (TPSA) is 153 Å². The van der Waals surface area contributed by atoms with Gasteiger partial charge in [-0.15, -0.1) is 20.2 Å². The normalized spacial score (nSPS) is 10.5. The predicted octanol–water partition coefficient (Wildman–Crippen LogP) is 6.34. The highest BCUT2D eigenvalue weighted by Crippen LogP contribution is 2.38.